The van der Waals surface area contributed by atoms with Gasteiger partial charge in [-0.05, 0) is 33.6 Å². The number of benzene rings is 1. The minimum Gasteiger partial charge on any atom is -0.394 e. The summed E-state index contributed by atoms with van der Waals surface area (Å²) in [5.41, 5.74) is 0.256. The normalized spacial score (nSPS) is 13.2. The van der Waals surface area contributed by atoms with Crippen LogP contribution in [0, 0.1) is 10.1 Å². The number of aryl methyl sites for hydroxylation is 1. The second-order valence-electron chi connectivity index (χ2n) is 5.32. The van der Waals surface area contributed by atoms with Gasteiger partial charge in [-0.3, -0.25) is 19.6 Å². The number of hydrogen-bond donors (Lipinski definition) is 3. The molecule has 2 aromatic rings. The van der Waals surface area contributed by atoms with E-state index in [1.807, 2.05) is 0 Å². The third-order valence-corrected chi connectivity index (χ3v) is 3.95. The molecule has 0 saturated carbocycles. The molecule has 134 valence electrons. The maximum atomic E-state index is 12.0. The second kappa shape index (κ2) is 8.70. The lowest BCUT2D eigenvalue weighted by Crippen LogP contribution is -2.42. The van der Waals surface area contributed by atoms with Crippen LogP contribution in [0.3, 0.4) is 0 Å². The molecule has 0 saturated heterocycles. The molecule has 1 aromatic heterocycles. The summed E-state index contributed by atoms with van der Waals surface area (Å²) in [6.45, 7) is -0.125. The SMILES string of the molecule is O=C(CCn1cc(Br)cn1)NC(CO)C(O)c1ccc([N+](=O)[O-])cc1. The maximum absolute atomic E-state index is 12.0. The number of amides is 1. The van der Waals surface area contributed by atoms with Crippen molar-refractivity contribution in [2.24, 2.45) is 0 Å². The summed E-state index contributed by atoms with van der Waals surface area (Å²) in [6, 6.07) is 4.37. The molecule has 1 aromatic carbocycles. The lowest BCUT2D eigenvalue weighted by Gasteiger charge is -2.22. The molecule has 0 fully saturated rings. The number of non-ortho nitro benzene ring substituents is 1. The van der Waals surface area contributed by atoms with Crippen molar-refractivity contribution in [1.29, 1.82) is 0 Å². The van der Waals surface area contributed by atoms with E-state index in [1.165, 1.54) is 24.3 Å². The van der Waals surface area contributed by atoms with Gasteiger partial charge in [0.05, 0.1) is 28.2 Å². The van der Waals surface area contributed by atoms with Crippen molar-refractivity contribution < 1.29 is 19.9 Å². The summed E-state index contributed by atoms with van der Waals surface area (Å²) in [6.07, 6.45) is 2.26. The molecule has 0 spiro atoms. The number of carbonyl (C=O) groups is 1. The monoisotopic (exact) mass is 412 g/mol. The van der Waals surface area contributed by atoms with Crippen molar-refractivity contribution in [3.63, 3.8) is 0 Å². The first-order valence-electron chi connectivity index (χ1n) is 7.41. The van der Waals surface area contributed by atoms with Crippen molar-refractivity contribution in [3.05, 3.63) is 56.8 Å². The first-order valence-corrected chi connectivity index (χ1v) is 8.20. The molecule has 0 aliphatic rings. The van der Waals surface area contributed by atoms with Crippen LogP contribution in [0.5, 0.6) is 0 Å². The van der Waals surface area contributed by atoms with Crippen molar-refractivity contribution in [3.8, 4) is 0 Å². The van der Waals surface area contributed by atoms with Gasteiger partial charge in [0.1, 0.15) is 6.10 Å². The fraction of sp³-hybridized carbons (Fsp3) is 0.333. The van der Waals surface area contributed by atoms with E-state index in [0.29, 0.717) is 12.1 Å². The van der Waals surface area contributed by atoms with Crippen molar-refractivity contribution >= 4 is 27.5 Å². The minimum absolute atomic E-state index is 0.106. The molecule has 0 bridgehead atoms. The van der Waals surface area contributed by atoms with E-state index >= 15 is 0 Å². The van der Waals surface area contributed by atoms with Gasteiger partial charge < -0.3 is 15.5 Å². The predicted molar refractivity (Wildman–Crippen MR) is 91.6 cm³/mol. The molecule has 2 atom stereocenters. The molecule has 0 radical (unpaired) electrons. The van der Waals surface area contributed by atoms with Gasteiger partial charge >= 0.3 is 0 Å². The van der Waals surface area contributed by atoms with Crippen LogP contribution in [0.25, 0.3) is 0 Å². The molecule has 0 aliphatic heterocycles. The summed E-state index contributed by atoms with van der Waals surface area (Å²) in [4.78, 5) is 22.1. The Hall–Kier alpha value is -2.30. The molecule has 2 unspecified atom stereocenters. The largest absolute Gasteiger partial charge is 0.394 e. The van der Waals surface area contributed by atoms with E-state index in [1.54, 1.807) is 17.1 Å². The summed E-state index contributed by atoms with van der Waals surface area (Å²) < 4.78 is 2.39. The first kappa shape index (κ1) is 19.0. The first-order chi connectivity index (χ1) is 11.9. The van der Waals surface area contributed by atoms with Gasteiger partial charge in [0.15, 0.2) is 0 Å². The third-order valence-electron chi connectivity index (χ3n) is 3.54. The van der Waals surface area contributed by atoms with Gasteiger partial charge in [0, 0.05) is 31.3 Å². The number of carbonyl (C=O) groups excluding carboxylic acids is 1. The summed E-state index contributed by atoms with van der Waals surface area (Å²) in [5.74, 6) is -0.355. The molecule has 0 aliphatic carbocycles. The maximum Gasteiger partial charge on any atom is 0.269 e. The van der Waals surface area contributed by atoms with Crippen molar-refractivity contribution in [1.82, 2.24) is 15.1 Å². The summed E-state index contributed by atoms with van der Waals surface area (Å²) >= 11 is 3.26. The van der Waals surface area contributed by atoms with Crippen LogP contribution in [0.1, 0.15) is 18.1 Å². The van der Waals surface area contributed by atoms with Gasteiger partial charge in [0.25, 0.3) is 5.69 Å². The standard InChI is InChI=1S/C15H17BrN4O5/c16-11-7-17-19(8-11)6-5-14(22)18-13(9-21)15(23)10-1-3-12(4-2-10)20(24)25/h1-4,7-8,13,15,21,23H,5-6,9H2,(H,18,22). The number of hydrogen-bond acceptors (Lipinski definition) is 6. The zero-order valence-electron chi connectivity index (χ0n) is 13.1. The summed E-state index contributed by atoms with van der Waals surface area (Å²) in [5, 5.41) is 36.9. The average Bonchev–Trinajstić information content (AvgIpc) is 3.02. The highest BCUT2D eigenvalue weighted by Crippen LogP contribution is 2.20. The minimum atomic E-state index is -1.19. The molecule has 1 amide bonds. The van der Waals surface area contributed by atoms with Crippen molar-refractivity contribution in [2.45, 2.75) is 25.1 Å². The van der Waals surface area contributed by atoms with Crippen LogP contribution >= 0.6 is 15.9 Å². The molecule has 3 N–H and O–H groups in total. The predicted octanol–water partition coefficient (Wildman–Crippen LogP) is 1.15. The Kier molecular flexibility index (Phi) is 6.62. The van der Waals surface area contributed by atoms with Gasteiger partial charge in [-0.2, -0.15) is 5.10 Å². The van der Waals surface area contributed by atoms with E-state index in [9.17, 15) is 25.1 Å². The number of nitro benzene ring substituents is 1. The van der Waals surface area contributed by atoms with Gasteiger partial charge in [-0.15, -0.1) is 0 Å². The summed E-state index contributed by atoms with van der Waals surface area (Å²) in [7, 11) is 0. The highest BCUT2D eigenvalue weighted by Gasteiger charge is 2.22. The van der Waals surface area contributed by atoms with Crippen LogP contribution in [-0.2, 0) is 11.3 Å². The Morgan fingerprint density at radius 3 is 2.60 bits per heavy atom. The topological polar surface area (TPSA) is 131 Å². The van der Waals surface area contributed by atoms with Crippen LogP contribution in [-0.4, -0.2) is 43.5 Å². The number of rotatable bonds is 8. The van der Waals surface area contributed by atoms with E-state index < -0.39 is 23.7 Å². The van der Waals surface area contributed by atoms with Crippen molar-refractivity contribution in [2.75, 3.05) is 6.61 Å². The highest BCUT2D eigenvalue weighted by molar-refractivity contribution is 9.10. The Labute approximate surface area is 151 Å². The molecule has 10 heteroatoms. The van der Waals surface area contributed by atoms with Crippen LogP contribution in [0.4, 0.5) is 5.69 Å². The number of nitrogens with zero attached hydrogens (tertiary/aromatic N) is 3. The van der Waals surface area contributed by atoms with E-state index in [2.05, 4.69) is 26.3 Å². The Balaban J connectivity index is 1.93. The van der Waals surface area contributed by atoms with Gasteiger partial charge in [-0.1, -0.05) is 0 Å². The quantitative estimate of drug-likeness (QED) is 0.440. The molecular formula is C15H17BrN4O5. The number of halogens is 1. The molecule has 25 heavy (non-hydrogen) atoms. The van der Waals surface area contributed by atoms with Gasteiger partial charge in [-0.25, -0.2) is 0 Å². The lowest BCUT2D eigenvalue weighted by atomic mass is 10.0. The van der Waals surface area contributed by atoms with E-state index in [4.69, 9.17) is 0 Å². The number of nitro groups is 1. The zero-order chi connectivity index (χ0) is 18.4. The number of nitrogens with one attached hydrogen (secondary N) is 1. The molecular weight excluding hydrogens is 396 g/mol. The van der Waals surface area contributed by atoms with Crippen LogP contribution < -0.4 is 5.32 Å². The smallest absolute Gasteiger partial charge is 0.269 e. The lowest BCUT2D eigenvalue weighted by molar-refractivity contribution is -0.384. The Morgan fingerprint density at radius 2 is 2.08 bits per heavy atom. The van der Waals surface area contributed by atoms with Gasteiger partial charge in [0.2, 0.25) is 5.91 Å². The highest BCUT2D eigenvalue weighted by atomic mass is 79.9. The molecule has 1 heterocycles. The number of aromatic nitrogens is 2. The number of aliphatic hydroxyl groups excluding tert-OH is 2. The number of aliphatic hydroxyl groups is 2. The van der Waals surface area contributed by atoms with Crippen LogP contribution in [0.2, 0.25) is 0 Å². The molecule has 2 rings (SSSR count). The zero-order valence-corrected chi connectivity index (χ0v) is 14.7. The third kappa shape index (κ3) is 5.34. The van der Waals surface area contributed by atoms with E-state index in [0.717, 1.165) is 4.47 Å². The fourth-order valence-electron chi connectivity index (χ4n) is 2.21. The van der Waals surface area contributed by atoms with Crippen LogP contribution in [0.15, 0.2) is 41.1 Å². The molecule has 9 nitrogen and oxygen atoms in total. The second-order valence-corrected chi connectivity index (χ2v) is 6.24. The average molecular weight is 413 g/mol. The Bertz CT molecular complexity index is 734. The fourth-order valence-corrected chi connectivity index (χ4v) is 2.53. The van der Waals surface area contributed by atoms with E-state index in [-0.39, 0.29) is 18.0 Å². The Morgan fingerprint density at radius 1 is 1.40 bits per heavy atom.